The Morgan fingerprint density at radius 2 is 1.83 bits per heavy atom. The second-order valence-electron chi connectivity index (χ2n) is 3.06. The van der Waals surface area contributed by atoms with Crippen molar-refractivity contribution < 1.29 is 0 Å². The Balaban J connectivity index is 4.35. The first-order chi connectivity index (χ1) is 5.61. The van der Waals surface area contributed by atoms with Crippen LogP contribution in [0.3, 0.4) is 0 Å². The highest BCUT2D eigenvalue weighted by molar-refractivity contribution is 5.79. The van der Waals surface area contributed by atoms with Gasteiger partial charge in [0.05, 0.1) is 0 Å². The molecule has 0 radical (unpaired) electrons. The van der Waals surface area contributed by atoms with Gasteiger partial charge in [-0.15, -0.1) is 0 Å². The van der Waals surface area contributed by atoms with Crippen molar-refractivity contribution in [1.82, 2.24) is 0 Å². The van der Waals surface area contributed by atoms with E-state index in [9.17, 15) is 0 Å². The van der Waals surface area contributed by atoms with E-state index >= 15 is 0 Å². The molecule has 0 saturated carbocycles. The largest absolute Gasteiger partial charge is 0.261 e. The van der Waals surface area contributed by atoms with Gasteiger partial charge in [-0.3, -0.25) is 4.99 Å². The quantitative estimate of drug-likeness (QED) is 0.565. The summed E-state index contributed by atoms with van der Waals surface area (Å²) in [4.78, 5) is 4.35. The molecule has 0 bridgehead atoms. The van der Waals surface area contributed by atoms with Gasteiger partial charge in [-0.05, 0) is 39.7 Å². The zero-order valence-corrected chi connectivity index (χ0v) is 8.81. The summed E-state index contributed by atoms with van der Waals surface area (Å²) in [5, 5.41) is 0. The predicted octanol–water partition coefficient (Wildman–Crippen LogP) is 3.73. The molecule has 68 valence electrons. The van der Waals surface area contributed by atoms with Crippen molar-refractivity contribution in [3.8, 4) is 0 Å². The minimum Gasteiger partial charge on any atom is -0.261 e. The predicted molar refractivity (Wildman–Crippen MR) is 56.6 cm³/mol. The van der Waals surface area contributed by atoms with Crippen molar-refractivity contribution in [2.24, 2.45) is 4.99 Å². The van der Waals surface area contributed by atoms with Gasteiger partial charge in [-0.25, -0.2) is 0 Å². The SMILES string of the molecule is C/C=C(\C=NC(C)=C(C)C)CC. The Bertz CT molecular complexity index is 215. The van der Waals surface area contributed by atoms with Gasteiger partial charge in [-0.2, -0.15) is 0 Å². The van der Waals surface area contributed by atoms with E-state index in [-0.39, 0.29) is 0 Å². The summed E-state index contributed by atoms with van der Waals surface area (Å²) in [6.07, 6.45) is 5.10. The van der Waals surface area contributed by atoms with Gasteiger partial charge in [0.1, 0.15) is 0 Å². The highest BCUT2D eigenvalue weighted by atomic mass is 14.7. The summed E-state index contributed by atoms with van der Waals surface area (Å²) in [6.45, 7) is 10.4. The third kappa shape index (κ3) is 4.12. The molecule has 0 aliphatic carbocycles. The average molecular weight is 165 g/mol. The molecule has 1 nitrogen and oxygen atoms in total. The second-order valence-corrected chi connectivity index (χ2v) is 3.06. The Morgan fingerprint density at radius 3 is 2.17 bits per heavy atom. The summed E-state index contributed by atoms with van der Waals surface area (Å²) < 4.78 is 0. The van der Waals surface area contributed by atoms with E-state index < -0.39 is 0 Å². The molecule has 0 aromatic rings. The van der Waals surface area contributed by atoms with Gasteiger partial charge in [0, 0.05) is 11.9 Å². The standard InChI is InChI=1S/C11H19N/c1-6-11(7-2)8-12-10(5)9(3)4/h6,8H,7H2,1-5H3/b11-6-,12-8?. The Morgan fingerprint density at radius 1 is 1.25 bits per heavy atom. The highest BCUT2D eigenvalue weighted by Gasteiger charge is 1.88. The first-order valence-electron chi connectivity index (χ1n) is 4.45. The van der Waals surface area contributed by atoms with Crippen molar-refractivity contribution in [2.45, 2.75) is 41.0 Å². The van der Waals surface area contributed by atoms with E-state index in [1.165, 1.54) is 11.1 Å². The van der Waals surface area contributed by atoms with Crippen LogP contribution in [0.15, 0.2) is 27.9 Å². The third-order valence-corrected chi connectivity index (χ3v) is 1.93. The van der Waals surface area contributed by atoms with E-state index in [4.69, 9.17) is 0 Å². The number of rotatable bonds is 3. The zero-order valence-electron chi connectivity index (χ0n) is 8.81. The van der Waals surface area contributed by atoms with Crippen molar-refractivity contribution in [1.29, 1.82) is 0 Å². The molecule has 0 fully saturated rings. The van der Waals surface area contributed by atoms with Crippen molar-refractivity contribution >= 4 is 6.21 Å². The lowest BCUT2D eigenvalue weighted by Gasteiger charge is -1.96. The van der Waals surface area contributed by atoms with Gasteiger partial charge in [-0.1, -0.05) is 18.6 Å². The summed E-state index contributed by atoms with van der Waals surface area (Å²) in [7, 11) is 0. The highest BCUT2D eigenvalue weighted by Crippen LogP contribution is 2.04. The first kappa shape index (κ1) is 11.2. The van der Waals surface area contributed by atoms with E-state index in [2.05, 4.69) is 31.8 Å². The molecule has 0 aromatic carbocycles. The van der Waals surface area contributed by atoms with Gasteiger partial charge < -0.3 is 0 Å². The maximum atomic E-state index is 4.35. The number of hydrogen-bond donors (Lipinski definition) is 0. The van der Waals surface area contributed by atoms with E-state index in [1.54, 1.807) is 0 Å². The summed E-state index contributed by atoms with van der Waals surface area (Å²) in [5.74, 6) is 0. The first-order valence-corrected chi connectivity index (χ1v) is 4.45. The summed E-state index contributed by atoms with van der Waals surface area (Å²) in [5.41, 5.74) is 3.68. The van der Waals surface area contributed by atoms with Crippen LogP contribution in [0.5, 0.6) is 0 Å². The van der Waals surface area contributed by atoms with E-state index in [0.717, 1.165) is 12.1 Å². The number of allylic oxidation sites excluding steroid dienone is 4. The molecule has 0 saturated heterocycles. The molecule has 0 spiro atoms. The number of aliphatic imine (C=N–C) groups is 1. The lowest BCUT2D eigenvalue weighted by atomic mass is 10.2. The molecular formula is C11H19N. The van der Waals surface area contributed by atoms with Gasteiger partial charge in [0.2, 0.25) is 0 Å². The van der Waals surface area contributed by atoms with E-state index in [0.29, 0.717) is 0 Å². The van der Waals surface area contributed by atoms with Crippen LogP contribution in [0.4, 0.5) is 0 Å². The molecule has 0 N–H and O–H groups in total. The maximum Gasteiger partial charge on any atom is 0.0359 e. The van der Waals surface area contributed by atoms with Crippen molar-refractivity contribution in [3.63, 3.8) is 0 Å². The molecule has 0 unspecified atom stereocenters. The monoisotopic (exact) mass is 165 g/mol. The lowest BCUT2D eigenvalue weighted by molar-refractivity contribution is 1.15. The summed E-state index contributed by atoms with van der Waals surface area (Å²) in [6, 6.07) is 0. The fraction of sp³-hybridized carbons (Fsp3) is 0.545. The zero-order chi connectivity index (χ0) is 9.56. The minimum absolute atomic E-state index is 1.05. The molecule has 0 heterocycles. The van der Waals surface area contributed by atoms with Gasteiger partial charge in [0.25, 0.3) is 0 Å². The topological polar surface area (TPSA) is 12.4 Å². The fourth-order valence-electron chi connectivity index (χ4n) is 0.679. The smallest absolute Gasteiger partial charge is 0.0359 e. The van der Waals surface area contributed by atoms with E-state index in [1.807, 2.05) is 20.1 Å². The maximum absolute atomic E-state index is 4.35. The van der Waals surface area contributed by atoms with Crippen LogP contribution in [-0.2, 0) is 0 Å². The molecule has 0 aliphatic heterocycles. The Kier molecular flexibility index (Phi) is 5.35. The van der Waals surface area contributed by atoms with Crippen LogP contribution in [0.1, 0.15) is 41.0 Å². The normalized spacial score (nSPS) is 12.2. The Hall–Kier alpha value is -0.850. The lowest BCUT2D eigenvalue weighted by Crippen LogP contribution is -1.83. The molecule has 0 amide bonds. The van der Waals surface area contributed by atoms with Crippen molar-refractivity contribution in [2.75, 3.05) is 0 Å². The van der Waals surface area contributed by atoms with Crippen molar-refractivity contribution in [3.05, 3.63) is 22.9 Å². The van der Waals surface area contributed by atoms with Crippen LogP contribution in [0.2, 0.25) is 0 Å². The molecule has 0 rings (SSSR count). The van der Waals surface area contributed by atoms with Crippen LogP contribution >= 0.6 is 0 Å². The van der Waals surface area contributed by atoms with Gasteiger partial charge in [0.15, 0.2) is 0 Å². The molecule has 12 heavy (non-hydrogen) atoms. The Labute approximate surface area is 75.9 Å². The van der Waals surface area contributed by atoms with Crippen LogP contribution in [0, 0.1) is 0 Å². The average Bonchev–Trinajstić information content (AvgIpc) is 2.05. The number of hydrogen-bond acceptors (Lipinski definition) is 1. The second kappa shape index (κ2) is 5.76. The van der Waals surface area contributed by atoms with Crippen LogP contribution in [0.25, 0.3) is 0 Å². The minimum atomic E-state index is 1.05. The molecule has 0 aliphatic rings. The third-order valence-electron chi connectivity index (χ3n) is 1.93. The fourth-order valence-corrected chi connectivity index (χ4v) is 0.679. The van der Waals surface area contributed by atoms with Crippen LogP contribution in [-0.4, -0.2) is 6.21 Å². The van der Waals surface area contributed by atoms with Gasteiger partial charge >= 0.3 is 0 Å². The summed E-state index contributed by atoms with van der Waals surface area (Å²) >= 11 is 0. The molecule has 0 aromatic heterocycles. The van der Waals surface area contributed by atoms with Crippen LogP contribution < -0.4 is 0 Å². The number of nitrogens with zero attached hydrogens (tertiary/aromatic N) is 1. The molecule has 0 atom stereocenters. The molecular weight excluding hydrogens is 146 g/mol. The molecule has 1 heteroatoms.